The Morgan fingerprint density at radius 3 is 2.56 bits per heavy atom. The summed E-state index contributed by atoms with van der Waals surface area (Å²) >= 11 is 0. The second-order valence-electron chi connectivity index (χ2n) is 10.0. The molecule has 0 saturated heterocycles. The van der Waals surface area contributed by atoms with Gasteiger partial charge in [0.15, 0.2) is 5.78 Å². The van der Waals surface area contributed by atoms with Gasteiger partial charge < -0.3 is 4.74 Å². The van der Waals surface area contributed by atoms with Crippen LogP contribution in [0.4, 0.5) is 0 Å². The largest absolute Gasteiger partial charge is 0.463 e. The lowest BCUT2D eigenvalue weighted by Gasteiger charge is -2.59. The summed E-state index contributed by atoms with van der Waals surface area (Å²) in [7, 11) is 0. The van der Waals surface area contributed by atoms with E-state index in [4.69, 9.17) is 4.74 Å². The Hall–Kier alpha value is -1.45. The van der Waals surface area contributed by atoms with Gasteiger partial charge in [-0.05, 0) is 74.2 Å². The van der Waals surface area contributed by atoms with E-state index in [1.807, 2.05) is 0 Å². The highest BCUT2D eigenvalue weighted by Crippen LogP contribution is 2.65. The molecule has 0 aliphatic heterocycles. The molecule has 0 aromatic carbocycles. The second kappa shape index (κ2) is 6.28. The van der Waals surface area contributed by atoms with Crippen LogP contribution in [0.2, 0.25) is 0 Å². The van der Waals surface area contributed by atoms with E-state index in [2.05, 4.69) is 19.9 Å². The minimum Gasteiger partial charge on any atom is -0.463 e. The predicted molar refractivity (Wildman–Crippen MR) is 102 cm³/mol. The first-order valence-electron chi connectivity index (χ1n) is 10.6. The van der Waals surface area contributed by atoms with Gasteiger partial charge in [-0.25, -0.2) is 0 Å². The van der Waals surface area contributed by atoms with Crippen molar-refractivity contribution in [2.75, 3.05) is 0 Å². The van der Waals surface area contributed by atoms with Crippen LogP contribution in [0, 0.1) is 34.5 Å². The topological polar surface area (TPSA) is 60.4 Å². The molecule has 0 amide bonds. The zero-order valence-corrected chi connectivity index (χ0v) is 17.0. The van der Waals surface area contributed by atoms with E-state index < -0.39 is 0 Å². The summed E-state index contributed by atoms with van der Waals surface area (Å²) in [6.45, 7) is 7.59. The molecule has 0 aromatic rings. The van der Waals surface area contributed by atoms with Gasteiger partial charge in [0.05, 0.1) is 0 Å². The van der Waals surface area contributed by atoms with Crippen LogP contribution >= 0.6 is 0 Å². The fourth-order valence-corrected chi connectivity index (χ4v) is 7.50. The van der Waals surface area contributed by atoms with E-state index in [9.17, 15) is 14.4 Å². The molecule has 0 N–H and O–H groups in total. The molecule has 7 atom stereocenters. The van der Waals surface area contributed by atoms with Crippen molar-refractivity contribution in [1.82, 2.24) is 0 Å². The van der Waals surface area contributed by atoms with Crippen LogP contribution in [0.1, 0.15) is 72.6 Å². The van der Waals surface area contributed by atoms with Gasteiger partial charge >= 0.3 is 5.97 Å². The summed E-state index contributed by atoms with van der Waals surface area (Å²) in [4.78, 5) is 37.0. The molecule has 0 radical (unpaired) electrons. The molecule has 0 bridgehead atoms. The van der Waals surface area contributed by atoms with Crippen LogP contribution in [-0.2, 0) is 19.1 Å². The molecule has 2 unspecified atom stereocenters. The molecular formula is C23H32O4. The number of carbonyl (C=O) groups excluding carboxylic acids is 3. The lowest BCUT2D eigenvalue weighted by atomic mass is 9.44. The Bertz CT molecular complexity index is 722. The standard InChI is InChI=1S/C23H32O4/c1-13(24)18-7-8-19-17-6-5-15-11-16(27-14(2)25)9-10-22(15,3)21(17)20(26)12-23(18,19)4/h7,15-17,19,21H,5-6,8-12H2,1-4H3/t15?,16?,17-,19-,21+,22-,23+/m0/s1. The number of ether oxygens (including phenoxy) is 1. The maximum absolute atomic E-state index is 13.4. The highest BCUT2D eigenvalue weighted by molar-refractivity contribution is 5.97. The molecular weight excluding hydrogens is 340 g/mol. The zero-order chi connectivity index (χ0) is 19.6. The van der Waals surface area contributed by atoms with Gasteiger partial charge in [0.25, 0.3) is 0 Å². The van der Waals surface area contributed by atoms with E-state index in [0.717, 1.165) is 44.1 Å². The first-order valence-corrected chi connectivity index (χ1v) is 10.6. The van der Waals surface area contributed by atoms with Crippen LogP contribution in [0.5, 0.6) is 0 Å². The molecule has 4 aliphatic carbocycles. The first kappa shape index (κ1) is 18.9. The van der Waals surface area contributed by atoms with Gasteiger partial charge in [-0.1, -0.05) is 19.9 Å². The molecule has 4 nitrogen and oxygen atoms in total. The van der Waals surface area contributed by atoms with Crippen molar-refractivity contribution in [3.63, 3.8) is 0 Å². The molecule has 3 saturated carbocycles. The lowest BCUT2D eigenvalue weighted by molar-refractivity contribution is -0.166. The number of carbonyl (C=O) groups is 3. The third kappa shape index (κ3) is 2.74. The number of ketones is 2. The van der Waals surface area contributed by atoms with Crippen molar-refractivity contribution in [2.45, 2.75) is 78.7 Å². The average molecular weight is 373 g/mol. The summed E-state index contributed by atoms with van der Waals surface area (Å²) in [5, 5.41) is 0. The molecule has 0 heterocycles. The van der Waals surface area contributed by atoms with Crippen molar-refractivity contribution in [1.29, 1.82) is 0 Å². The van der Waals surface area contributed by atoms with Gasteiger partial charge in [-0.15, -0.1) is 0 Å². The average Bonchev–Trinajstić information content (AvgIpc) is 2.91. The van der Waals surface area contributed by atoms with Crippen molar-refractivity contribution in [3.05, 3.63) is 11.6 Å². The van der Waals surface area contributed by atoms with Gasteiger partial charge in [0.2, 0.25) is 0 Å². The van der Waals surface area contributed by atoms with E-state index in [1.54, 1.807) is 6.92 Å². The smallest absolute Gasteiger partial charge is 0.302 e. The molecule has 0 aromatic heterocycles. The normalized spacial score (nSPS) is 46.0. The maximum atomic E-state index is 13.4. The second-order valence-corrected chi connectivity index (χ2v) is 10.0. The minimum absolute atomic E-state index is 0.0109. The van der Waals surface area contributed by atoms with E-state index in [-0.39, 0.29) is 34.6 Å². The summed E-state index contributed by atoms with van der Waals surface area (Å²) in [5.41, 5.74) is 0.643. The Morgan fingerprint density at radius 2 is 1.89 bits per heavy atom. The van der Waals surface area contributed by atoms with Crippen molar-refractivity contribution < 1.29 is 19.1 Å². The quantitative estimate of drug-likeness (QED) is 0.679. The molecule has 148 valence electrons. The molecule has 27 heavy (non-hydrogen) atoms. The molecule has 3 fully saturated rings. The number of hydrogen-bond donors (Lipinski definition) is 0. The monoisotopic (exact) mass is 372 g/mol. The molecule has 4 rings (SSSR count). The highest BCUT2D eigenvalue weighted by atomic mass is 16.5. The first-order chi connectivity index (χ1) is 12.7. The third-order valence-electron chi connectivity index (χ3n) is 8.60. The Balaban J connectivity index is 1.60. The summed E-state index contributed by atoms with van der Waals surface area (Å²) in [6, 6.07) is 0. The van der Waals surface area contributed by atoms with Crippen LogP contribution in [-0.4, -0.2) is 23.6 Å². The SMILES string of the molecule is CC(=O)OC1CC[C@@]2(C)C(CC[C@@H]3[C@@H]2C(=O)C[C@]2(C)C(C(C)=O)=CC[C@@H]32)C1. The van der Waals surface area contributed by atoms with Gasteiger partial charge in [-0.3, -0.25) is 14.4 Å². The van der Waals surface area contributed by atoms with Crippen molar-refractivity contribution in [2.24, 2.45) is 34.5 Å². The predicted octanol–water partition coefficient (Wildman–Crippen LogP) is 4.27. The fraction of sp³-hybridized carbons (Fsp3) is 0.783. The van der Waals surface area contributed by atoms with Crippen LogP contribution < -0.4 is 0 Å². The Morgan fingerprint density at radius 1 is 1.15 bits per heavy atom. The van der Waals surface area contributed by atoms with Gasteiger partial charge in [-0.2, -0.15) is 0 Å². The maximum Gasteiger partial charge on any atom is 0.302 e. The minimum atomic E-state index is -0.262. The molecule has 4 aliphatic rings. The molecule has 0 spiro atoms. The number of allylic oxidation sites excluding steroid dienone is 2. The summed E-state index contributed by atoms with van der Waals surface area (Å²) < 4.78 is 5.50. The lowest BCUT2D eigenvalue weighted by Crippen LogP contribution is -2.57. The summed E-state index contributed by atoms with van der Waals surface area (Å²) in [6.07, 6.45) is 8.46. The fourth-order valence-electron chi connectivity index (χ4n) is 7.50. The third-order valence-corrected chi connectivity index (χ3v) is 8.60. The van der Waals surface area contributed by atoms with E-state index >= 15 is 0 Å². The van der Waals surface area contributed by atoms with Crippen LogP contribution in [0.3, 0.4) is 0 Å². The van der Waals surface area contributed by atoms with Crippen molar-refractivity contribution >= 4 is 17.5 Å². The van der Waals surface area contributed by atoms with Gasteiger partial charge in [0.1, 0.15) is 11.9 Å². The number of rotatable bonds is 2. The summed E-state index contributed by atoms with van der Waals surface area (Å²) in [5.74, 6) is 1.66. The van der Waals surface area contributed by atoms with Crippen LogP contribution in [0.25, 0.3) is 0 Å². The molecule has 4 heteroatoms. The van der Waals surface area contributed by atoms with Crippen LogP contribution in [0.15, 0.2) is 11.6 Å². The van der Waals surface area contributed by atoms with Crippen molar-refractivity contribution in [3.8, 4) is 0 Å². The van der Waals surface area contributed by atoms with Gasteiger partial charge in [0, 0.05) is 24.7 Å². The van der Waals surface area contributed by atoms with E-state index in [0.29, 0.717) is 30.0 Å². The number of esters is 1. The highest BCUT2D eigenvalue weighted by Gasteiger charge is 2.62. The van der Waals surface area contributed by atoms with E-state index in [1.165, 1.54) is 6.92 Å². The number of fused-ring (bicyclic) bond motifs is 5. The number of Topliss-reactive ketones (excluding diaryl/α,β-unsaturated/α-hetero) is 2. The zero-order valence-electron chi connectivity index (χ0n) is 17.0. The Labute approximate surface area is 162 Å². The Kier molecular flexibility index (Phi) is 4.40. The number of hydrogen-bond acceptors (Lipinski definition) is 4.